The summed E-state index contributed by atoms with van der Waals surface area (Å²) >= 11 is 0. The molecule has 1 heterocycles. The first-order valence-electron chi connectivity index (χ1n) is 9.44. The summed E-state index contributed by atoms with van der Waals surface area (Å²) in [4.78, 5) is 27.2. The van der Waals surface area contributed by atoms with Crippen molar-refractivity contribution in [1.82, 2.24) is 4.98 Å². The third-order valence-corrected chi connectivity index (χ3v) is 4.49. The molecule has 0 radical (unpaired) electrons. The molecule has 0 atom stereocenters. The summed E-state index contributed by atoms with van der Waals surface area (Å²) in [6.45, 7) is 0. The predicted molar refractivity (Wildman–Crippen MR) is 109 cm³/mol. The Morgan fingerprint density at radius 1 is 0.914 bits per heavy atom. The lowest BCUT2D eigenvalue weighted by Crippen LogP contribution is -2.21. The predicted octanol–water partition coefficient (Wildman–Crippen LogP) is 5.87. The molecule has 13 heteroatoms. The molecule has 0 aliphatic carbocycles. The number of hydrogen-bond donors (Lipinski definition) is 2. The van der Waals surface area contributed by atoms with E-state index in [1.54, 1.807) is 0 Å². The van der Waals surface area contributed by atoms with E-state index in [9.17, 15) is 35.9 Å². The van der Waals surface area contributed by atoms with Gasteiger partial charge >= 0.3 is 18.3 Å². The number of rotatable bonds is 6. The minimum absolute atomic E-state index is 0.167. The van der Waals surface area contributed by atoms with Gasteiger partial charge in [-0.2, -0.15) is 26.3 Å². The van der Waals surface area contributed by atoms with Crippen molar-refractivity contribution in [2.24, 2.45) is 0 Å². The summed E-state index contributed by atoms with van der Waals surface area (Å²) in [7, 11) is 1.35. The summed E-state index contributed by atoms with van der Waals surface area (Å²) < 4.78 is 91.6. The van der Waals surface area contributed by atoms with E-state index >= 15 is 0 Å². The SMILES string of the molecule is COc1ccc(Oc2cc(C(F)(F)F)cc(C(F)(F)F)c2C(=O)Nc2ccc(C(=O)O)nc2)cc1. The summed E-state index contributed by atoms with van der Waals surface area (Å²) in [5, 5.41) is 10.9. The molecule has 184 valence electrons. The third kappa shape index (κ3) is 5.99. The fourth-order valence-electron chi connectivity index (χ4n) is 2.88. The molecule has 35 heavy (non-hydrogen) atoms. The topological polar surface area (TPSA) is 97.8 Å². The van der Waals surface area contributed by atoms with Crippen LogP contribution in [0.2, 0.25) is 0 Å². The number of nitrogens with zero attached hydrogens (tertiary/aromatic N) is 1. The summed E-state index contributed by atoms with van der Waals surface area (Å²) in [6.07, 6.45) is -9.68. The number of carboxylic acids is 1. The van der Waals surface area contributed by atoms with Gasteiger partial charge in [-0.25, -0.2) is 9.78 Å². The van der Waals surface area contributed by atoms with E-state index in [0.29, 0.717) is 5.75 Å². The molecule has 1 amide bonds. The van der Waals surface area contributed by atoms with Gasteiger partial charge in [0, 0.05) is 0 Å². The average Bonchev–Trinajstić information content (AvgIpc) is 2.78. The Balaban J connectivity index is 2.13. The number of nitrogens with one attached hydrogen (secondary N) is 1. The average molecular weight is 500 g/mol. The van der Waals surface area contributed by atoms with Crippen molar-refractivity contribution in [3.63, 3.8) is 0 Å². The highest BCUT2D eigenvalue weighted by atomic mass is 19.4. The Morgan fingerprint density at radius 3 is 2.03 bits per heavy atom. The van der Waals surface area contributed by atoms with Crippen LogP contribution >= 0.6 is 0 Å². The van der Waals surface area contributed by atoms with Crippen LogP contribution in [0.1, 0.15) is 32.0 Å². The van der Waals surface area contributed by atoms with Gasteiger partial charge in [0.2, 0.25) is 0 Å². The first-order valence-corrected chi connectivity index (χ1v) is 9.44. The second-order valence-electron chi connectivity index (χ2n) is 6.86. The Hall–Kier alpha value is -4.29. The lowest BCUT2D eigenvalue weighted by atomic mass is 10.0. The van der Waals surface area contributed by atoms with Gasteiger partial charge in [-0.05, 0) is 48.5 Å². The molecule has 2 aromatic carbocycles. The smallest absolute Gasteiger partial charge is 0.417 e. The molecule has 3 aromatic rings. The molecular weight excluding hydrogens is 486 g/mol. The Bertz CT molecular complexity index is 1240. The van der Waals surface area contributed by atoms with Crippen LogP contribution in [-0.4, -0.2) is 29.1 Å². The van der Waals surface area contributed by atoms with E-state index in [1.165, 1.54) is 31.4 Å². The molecule has 7 nitrogen and oxygen atoms in total. The lowest BCUT2D eigenvalue weighted by molar-refractivity contribution is -0.143. The van der Waals surface area contributed by atoms with Crippen LogP contribution < -0.4 is 14.8 Å². The van der Waals surface area contributed by atoms with E-state index < -0.39 is 52.4 Å². The molecule has 0 saturated heterocycles. The molecule has 0 saturated carbocycles. The van der Waals surface area contributed by atoms with Crippen LogP contribution in [0.25, 0.3) is 0 Å². The van der Waals surface area contributed by atoms with Crippen LogP contribution in [0, 0.1) is 0 Å². The fraction of sp³-hybridized carbons (Fsp3) is 0.136. The molecular formula is C22H14F6N2O5. The molecule has 0 aliphatic heterocycles. The van der Waals surface area contributed by atoms with Crippen LogP contribution in [0.5, 0.6) is 17.2 Å². The maximum absolute atomic E-state index is 13.8. The highest BCUT2D eigenvalue weighted by Gasteiger charge is 2.42. The number of ether oxygens (including phenoxy) is 2. The number of carboxylic acid groups (broad SMARTS) is 1. The number of pyridine rings is 1. The largest absolute Gasteiger partial charge is 0.497 e. The number of benzene rings is 2. The number of aromatic carboxylic acids is 1. The Morgan fingerprint density at radius 2 is 1.54 bits per heavy atom. The number of amides is 1. The Kier molecular flexibility index (Phi) is 6.89. The van der Waals surface area contributed by atoms with Gasteiger partial charge in [-0.1, -0.05) is 0 Å². The minimum Gasteiger partial charge on any atom is -0.497 e. The van der Waals surface area contributed by atoms with Crippen molar-refractivity contribution in [2.75, 3.05) is 12.4 Å². The number of hydrogen-bond acceptors (Lipinski definition) is 5. The number of carbonyl (C=O) groups is 2. The lowest BCUT2D eigenvalue weighted by Gasteiger charge is -2.20. The van der Waals surface area contributed by atoms with Crippen molar-refractivity contribution < 1.29 is 50.5 Å². The second kappa shape index (κ2) is 9.52. The maximum atomic E-state index is 13.8. The molecule has 3 rings (SSSR count). The van der Waals surface area contributed by atoms with Gasteiger partial charge in [0.1, 0.15) is 22.9 Å². The normalized spacial score (nSPS) is 11.6. The monoisotopic (exact) mass is 500 g/mol. The van der Waals surface area contributed by atoms with Gasteiger partial charge in [-0.3, -0.25) is 4.79 Å². The number of halogens is 6. The van der Waals surface area contributed by atoms with Crippen molar-refractivity contribution in [3.05, 3.63) is 77.1 Å². The van der Waals surface area contributed by atoms with Crippen molar-refractivity contribution in [2.45, 2.75) is 12.4 Å². The van der Waals surface area contributed by atoms with Crippen LogP contribution in [0.15, 0.2) is 54.7 Å². The molecule has 0 unspecified atom stereocenters. The highest BCUT2D eigenvalue weighted by Crippen LogP contribution is 2.43. The molecule has 0 bridgehead atoms. The highest BCUT2D eigenvalue weighted by molar-refractivity contribution is 6.07. The molecule has 0 fully saturated rings. The number of alkyl halides is 6. The molecule has 2 N–H and O–H groups in total. The van der Waals surface area contributed by atoms with Gasteiger partial charge in [-0.15, -0.1) is 0 Å². The van der Waals surface area contributed by atoms with E-state index in [2.05, 4.69) is 10.3 Å². The van der Waals surface area contributed by atoms with Gasteiger partial charge < -0.3 is 19.9 Å². The zero-order valence-electron chi connectivity index (χ0n) is 17.5. The van der Waals surface area contributed by atoms with Gasteiger partial charge in [0.15, 0.2) is 0 Å². The van der Waals surface area contributed by atoms with E-state index in [1.807, 2.05) is 0 Å². The quantitative estimate of drug-likeness (QED) is 0.411. The molecule has 0 spiro atoms. The summed E-state index contributed by atoms with van der Waals surface area (Å²) in [5.74, 6) is -3.68. The molecule has 1 aromatic heterocycles. The van der Waals surface area contributed by atoms with E-state index in [0.717, 1.165) is 18.3 Å². The van der Waals surface area contributed by atoms with Gasteiger partial charge in [0.25, 0.3) is 5.91 Å². The first-order chi connectivity index (χ1) is 16.3. The Labute approximate surface area is 192 Å². The van der Waals surface area contributed by atoms with Crippen molar-refractivity contribution >= 4 is 17.6 Å². The maximum Gasteiger partial charge on any atom is 0.417 e. The number of carbonyl (C=O) groups excluding carboxylic acids is 1. The van der Waals surface area contributed by atoms with Crippen LogP contribution in [0.3, 0.4) is 0 Å². The van der Waals surface area contributed by atoms with E-state index in [-0.39, 0.29) is 23.6 Å². The van der Waals surface area contributed by atoms with Crippen molar-refractivity contribution in [1.29, 1.82) is 0 Å². The first kappa shape index (κ1) is 25.3. The number of anilines is 1. The third-order valence-electron chi connectivity index (χ3n) is 4.49. The van der Waals surface area contributed by atoms with Crippen LogP contribution in [-0.2, 0) is 12.4 Å². The van der Waals surface area contributed by atoms with E-state index in [4.69, 9.17) is 14.6 Å². The zero-order chi connectivity index (χ0) is 26.0. The zero-order valence-corrected chi connectivity index (χ0v) is 17.5. The number of methoxy groups -OCH3 is 1. The standard InChI is InChI=1S/C22H14F6N2O5/c1-34-13-3-5-14(6-4-13)35-17-9-11(21(23,24)25)8-15(22(26,27)28)18(17)19(31)30-12-2-7-16(20(32)33)29-10-12/h2-10H,1H3,(H,30,31)(H,32,33). The summed E-state index contributed by atoms with van der Waals surface area (Å²) in [6, 6.07) is 7.26. The second-order valence-corrected chi connectivity index (χ2v) is 6.86. The van der Waals surface area contributed by atoms with Crippen molar-refractivity contribution in [3.8, 4) is 17.2 Å². The summed E-state index contributed by atoms with van der Waals surface area (Å²) in [5.41, 5.74) is -5.40. The molecule has 0 aliphatic rings. The van der Waals surface area contributed by atoms with Crippen LogP contribution in [0.4, 0.5) is 32.0 Å². The van der Waals surface area contributed by atoms with Gasteiger partial charge in [0.05, 0.1) is 35.7 Å². The fourth-order valence-corrected chi connectivity index (χ4v) is 2.88. The number of aromatic nitrogens is 1. The minimum atomic E-state index is -5.36.